The fourth-order valence-corrected chi connectivity index (χ4v) is 1.35. The normalized spacial score (nSPS) is 23.2. The SMILES string of the molecule is CC(=O)c1ccc(C2CC2(F)F)nc1. The summed E-state index contributed by atoms with van der Waals surface area (Å²) in [7, 11) is 0. The molecule has 1 fully saturated rings. The van der Waals surface area contributed by atoms with E-state index in [0.717, 1.165) is 0 Å². The Morgan fingerprint density at radius 3 is 2.57 bits per heavy atom. The zero-order valence-corrected chi connectivity index (χ0v) is 7.63. The summed E-state index contributed by atoms with van der Waals surface area (Å²) in [6.45, 7) is 1.42. The number of pyridine rings is 1. The van der Waals surface area contributed by atoms with Crippen LogP contribution in [-0.4, -0.2) is 16.7 Å². The van der Waals surface area contributed by atoms with E-state index >= 15 is 0 Å². The van der Waals surface area contributed by atoms with Gasteiger partial charge in [0.05, 0.1) is 5.92 Å². The van der Waals surface area contributed by atoms with Crippen molar-refractivity contribution in [2.45, 2.75) is 25.2 Å². The summed E-state index contributed by atoms with van der Waals surface area (Å²) < 4.78 is 25.3. The van der Waals surface area contributed by atoms with E-state index in [4.69, 9.17) is 0 Å². The Bertz CT molecular complexity index is 372. The van der Waals surface area contributed by atoms with E-state index in [1.54, 1.807) is 6.07 Å². The van der Waals surface area contributed by atoms with Crippen molar-refractivity contribution in [3.8, 4) is 0 Å². The second-order valence-electron chi connectivity index (χ2n) is 3.55. The lowest BCUT2D eigenvalue weighted by atomic mass is 10.1. The summed E-state index contributed by atoms with van der Waals surface area (Å²) in [6.07, 6.45) is 1.23. The number of carbonyl (C=O) groups is 1. The van der Waals surface area contributed by atoms with Gasteiger partial charge in [-0.3, -0.25) is 9.78 Å². The van der Waals surface area contributed by atoms with E-state index in [1.807, 2.05) is 0 Å². The Hall–Kier alpha value is -1.32. The van der Waals surface area contributed by atoms with Crippen molar-refractivity contribution in [1.82, 2.24) is 4.98 Å². The maximum atomic E-state index is 12.6. The quantitative estimate of drug-likeness (QED) is 0.681. The number of carbonyl (C=O) groups excluding carboxylic acids is 1. The number of alkyl halides is 2. The minimum absolute atomic E-state index is 0.105. The van der Waals surface area contributed by atoms with Crippen molar-refractivity contribution < 1.29 is 13.6 Å². The van der Waals surface area contributed by atoms with Gasteiger partial charge in [0, 0.05) is 23.9 Å². The summed E-state index contributed by atoms with van der Waals surface area (Å²) in [5.41, 5.74) is 0.831. The van der Waals surface area contributed by atoms with Crippen molar-refractivity contribution in [3.05, 3.63) is 29.6 Å². The first-order chi connectivity index (χ1) is 6.50. The van der Waals surface area contributed by atoms with Crippen LogP contribution in [0.1, 0.15) is 35.3 Å². The van der Waals surface area contributed by atoms with E-state index in [9.17, 15) is 13.6 Å². The van der Waals surface area contributed by atoms with Crippen LogP contribution in [0.25, 0.3) is 0 Å². The van der Waals surface area contributed by atoms with E-state index in [1.165, 1.54) is 19.2 Å². The number of aromatic nitrogens is 1. The molecule has 0 N–H and O–H groups in total. The van der Waals surface area contributed by atoms with Gasteiger partial charge in [0.15, 0.2) is 5.78 Å². The molecule has 0 aliphatic heterocycles. The molecule has 0 saturated heterocycles. The predicted octanol–water partition coefficient (Wildman–Crippen LogP) is 2.41. The van der Waals surface area contributed by atoms with Gasteiger partial charge >= 0.3 is 0 Å². The first kappa shape index (κ1) is 9.24. The van der Waals surface area contributed by atoms with Crippen LogP contribution in [0.3, 0.4) is 0 Å². The van der Waals surface area contributed by atoms with E-state index in [2.05, 4.69) is 4.98 Å². The summed E-state index contributed by atoms with van der Waals surface area (Å²) >= 11 is 0. The molecule has 2 nitrogen and oxygen atoms in total. The van der Waals surface area contributed by atoms with Crippen molar-refractivity contribution >= 4 is 5.78 Å². The smallest absolute Gasteiger partial charge is 0.257 e. The molecule has 1 saturated carbocycles. The number of hydrogen-bond acceptors (Lipinski definition) is 2. The highest BCUT2D eigenvalue weighted by molar-refractivity contribution is 5.93. The Balaban J connectivity index is 2.20. The Kier molecular flexibility index (Phi) is 1.87. The molecule has 0 amide bonds. The molecule has 1 atom stereocenters. The summed E-state index contributed by atoms with van der Waals surface area (Å²) in [6, 6.07) is 3.04. The van der Waals surface area contributed by atoms with Crippen LogP contribution in [0.15, 0.2) is 18.3 Å². The standard InChI is InChI=1S/C10H9F2NO/c1-6(14)7-2-3-9(13-5-7)8-4-10(8,11)12/h2-3,5,8H,4H2,1H3. The third-order valence-corrected chi connectivity index (χ3v) is 2.38. The zero-order chi connectivity index (χ0) is 10.3. The van der Waals surface area contributed by atoms with Gasteiger partial charge in [-0.1, -0.05) is 0 Å². The highest BCUT2D eigenvalue weighted by Crippen LogP contribution is 2.54. The van der Waals surface area contributed by atoms with E-state index in [0.29, 0.717) is 11.3 Å². The number of rotatable bonds is 2. The van der Waals surface area contributed by atoms with E-state index < -0.39 is 11.8 Å². The topological polar surface area (TPSA) is 30.0 Å². The van der Waals surface area contributed by atoms with Crippen molar-refractivity contribution in [2.75, 3.05) is 0 Å². The second kappa shape index (κ2) is 2.83. The van der Waals surface area contributed by atoms with Crippen molar-refractivity contribution in [1.29, 1.82) is 0 Å². The summed E-state index contributed by atoms with van der Waals surface area (Å²) in [4.78, 5) is 14.7. The van der Waals surface area contributed by atoms with Gasteiger partial charge in [-0.25, -0.2) is 8.78 Å². The van der Waals surface area contributed by atoms with Gasteiger partial charge in [0.25, 0.3) is 5.92 Å². The molecule has 1 heterocycles. The van der Waals surface area contributed by atoms with Crippen LogP contribution in [-0.2, 0) is 0 Å². The Morgan fingerprint density at radius 1 is 1.57 bits per heavy atom. The summed E-state index contributed by atoms with van der Waals surface area (Å²) in [5.74, 6) is -3.44. The van der Waals surface area contributed by atoms with Crippen LogP contribution >= 0.6 is 0 Å². The maximum absolute atomic E-state index is 12.6. The molecule has 14 heavy (non-hydrogen) atoms. The van der Waals surface area contributed by atoms with Gasteiger partial charge in [-0.05, 0) is 19.1 Å². The average Bonchev–Trinajstić information content (AvgIpc) is 2.75. The molecular formula is C10H9F2NO. The first-order valence-electron chi connectivity index (χ1n) is 4.35. The fourth-order valence-electron chi connectivity index (χ4n) is 1.35. The molecule has 0 radical (unpaired) electrons. The van der Waals surface area contributed by atoms with Gasteiger partial charge in [0.1, 0.15) is 0 Å². The number of halogens is 2. The van der Waals surface area contributed by atoms with Gasteiger partial charge in [-0.2, -0.15) is 0 Å². The average molecular weight is 197 g/mol. The van der Waals surface area contributed by atoms with Crippen LogP contribution in [0.2, 0.25) is 0 Å². The lowest BCUT2D eigenvalue weighted by Gasteiger charge is -1.99. The zero-order valence-electron chi connectivity index (χ0n) is 7.63. The third kappa shape index (κ3) is 1.52. The number of nitrogens with zero attached hydrogens (tertiary/aromatic N) is 1. The molecule has 1 aliphatic carbocycles. The van der Waals surface area contributed by atoms with Crippen LogP contribution in [0.4, 0.5) is 8.78 Å². The maximum Gasteiger partial charge on any atom is 0.257 e. The first-order valence-corrected chi connectivity index (χ1v) is 4.35. The minimum Gasteiger partial charge on any atom is -0.294 e. The number of hydrogen-bond donors (Lipinski definition) is 0. The fraction of sp³-hybridized carbons (Fsp3) is 0.400. The molecule has 0 bridgehead atoms. The largest absolute Gasteiger partial charge is 0.294 e. The Morgan fingerprint density at radius 2 is 2.21 bits per heavy atom. The molecule has 1 unspecified atom stereocenters. The van der Waals surface area contributed by atoms with E-state index in [-0.39, 0.29) is 12.2 Å². The lowest BCUT2D eigenvalue weighted by molar-refractivity contribution is 0.101. The molecule has 1 aromatic heterocycles. The van der Waals surface area contributed by atoms with Gasteiger partial charge < -0.3 is 0 Å². The number of ketones is 1. The highest BCUT2D eigenvalue weighted by atomic mass is 19.3. The molecule has 74 valence electrons. The molecule has 2 rings (SSSR count). The minimum atomic E-state index is -2.59. The van der Waals surface area contributed by atoms with Crippen molar-refractivity contribution in [3.63, 3.8) is 0 Å². The van der Waals surface area contributed by atoms with Crippen molar-refractivity contribution in [2.24, 2.45) is 0 Å². The van der Waals surface area contributed by atoms with Crippen LogP contribution in [0.5, 0.6) is 0 Å². The predicted molar refractivity (Wildman–Crippen MR) is 46.5 cm³/mol. The molecule has 4 heteroatoms. The molecule has 0 spiro atoms. The Labute approximate surface area is 80.0 Å². The highest BCUT2D eigenvalue weighted by Gasteiger charge is 2.58. The molecule has 1 aromatic rings. The third-order valence-electron chi connectivity index (χ3n) is 2.38. The van der Waals surface area contributed by atoms with Crippen LogP contribution in [0, 0.1) is 0 Å². The molecule has 0 aromatic carbocycles. The molecule has 1 aliphatic rings. The molecular weight excluding hydrogens is 188 g/mol. The monoisotopic (exact) mass is 197 g/mol. The second-order valence-corrected chi connectivity index (χ2v) is 3.55. The summed E-state index contributed by atoms with van der Waals surface area (Å²) in [5, 5.41) is 0. The lowest BCUT2D eigenvalue weighted by Crippen LogP contribution is -1.98. The van der Waals surface area contributed by atoms with Gasteiger partial charge in [0.2, 0.25) is 0 Å². The number of Topliss-reactive ketones (excluding diaryl/α,β-unsaturated/α-hetero) is 1. The van der Waals surface area contributed by atoms with Gasteiger partial charge in [-0.15, -0.1) is 0 Å². The van der Waals surface area contributed by atoms with Crippen LogP contribution < -0.4 is 0 Å².